The lowest BCUT2D eigenvalue weighted by Gasteiger charge is -2.30. The van der Waals surface area contributed by atoms with Crippen molar-refractivity contribution in [1.29, 1.82) is 5.26 Å². The van der Waals surface area contributed by atoms with E-state index in [1.54, 1.807) is 13.8 Å². The monoisotopic (exact) mass is 365 g/mol. The molecule has 1 aromatic carbocycles. The summed E-state index contributed by atoms with van der Waals surface area (Å²) >= 11 is 0. The molecule has 0 saturated carbocycles. The summed E-state index contributed by atoms with van der Waals surface area (Å²) in [6, 6.07) is 6.23. The molecule has 142 valence electrons. The summed E-state index contributed by atoms with van der Waals surface area (Å²) in [4.78, 5) is 23.2. The minimum Gasteiger partial charge on any atom is -0.494 e. The van der Waals surface area contributed by atoms with Crippen LogP contribution in [0.25, 0.3) is 0 Å². The van der Waals surface area contributed by atoms with Crippen LogP contribution >= 0.6 is 0 Å². The molecule has 1 N–H and O–H groups in total. The van der Waals surface area contributed by atoms with Crippen molar-refractivity contribution in [2.24, 2.45) is 5.92 Å². The summed E-state index contributed by atoms with van der Waals surface area (Å²) in [7, 11) is 1.33. The highest BCUT2D eigenvalue weighted by Gasteiger charge is 2.38. The van der Waals surface area contributed by atoms with Crippen molar-refractivity contribution < 1.29 is 28.6 Å². The first-order valence-electron chi connectivity index (χ1n) is 8.47. The van der Waals surface area contributed by atoms with Gasteiger partial charge in [0.15, 0.2) is 11.6 Å². The molecular weight excluding hydrogens is 341 g/mol. The molecule has 0 amide bonds. The van der Waals surface area contributed by atoms with E-state index in [-0.39, 0.29) is 31.6 Å². The fraction of sp³-hybridized carbons (Fsp3) is 0.526. The number of esters is 1. The lowest BCUT2D eigenvalue weighted by Crippen LogP contribution is -2.32. The molecule has 0 saturated heterocycles. The van der Waals surface area contributed by atoms with Crippen LogP contribution in [0, 0.1) is 23.1 Å². The number of rotatable bonds is 10. The Bertz CT molecular complexity index is 685. The Morgan fingerprint density at radius 2 is 2.08 bits per heavy atom. The highest BCUT2D eigenvalue weighted by atomic mass is 19.1. The van der Waals surface area contributed by atoms with E-state index >= 15 is 0 Å². The zero-order valence-corrected chi connectivity index (χ0v) is 15.3. The predicted molar refractivity (Wildman–Crippen MR) is 92.1 cm³/mol. The third-order valence-corrected chi connectivity index (χ3v) is 4.39. The smallest absolute Gasteiger partial charge is 0.308 e. The van der Waals surface area contributed by atoms with Gasteiger partial charge in [0.2, 0.25) is 0 Å². The van der Waals surface area contributed by atoms with Gasteiger partial charge in [-0.3, -0.25) is 9.59 Å². The molecular formula is C19H24FNO5. The van der Waals surface area contributed by atoms with Crippen molar-refractivity contribution in [2.75, 3.05) is 13.7 Å². The second-order valence-corrected chi connectivity index (χ2v) is 6.00. The lowest BCUT2D eigenvalue weighted by atomic mass is 9.71. The number of nitriles is 1. The largest absolute Gasteiger partial charge is 0.494 e. The Morgan fingerprint density at radius 1 is 1.38 bits per heavy atom. The van der Waals surface area contributed by atoms with Crippen LogP contribution in [0.15, 0.2) is 18.2 Å². The highest BCUT2D eigenvalue weighted by Crippen LogP contribution is 2.38. The van der Waals surface area contributed by atoms with Crippen LogP contribution in [0.1, 0.15) is 45.1 Å². The average Bonchev–Trinajstić information content (AvgIpc) is 2.62. The summed E-state index contributed by atoms with van der Waals surface area (Å²) in [5.41, 5.74) is -0.999. The Balaban J connectivity index is 3.32. The maximum absolute atomic E-state index is 14.2. The van der Waals surface area contributed by atoms with E-state index in [2.05, 4.69) is 6.07 Å². The highest BCUT2D eigenvalue weighted by molar-refractivity contribution is 5.73. The number of nitrogens with zero attached hydrogens (tertiary/aromatic N) is 1. The molecule has 0 radical (unpaired) electrons. The van der Waals surface area contributed by atoms with Crippen LogP contribution in [0.5, 0.6) is 5.75 Å². The van der Waals surface area contributed by atoms with Crippen LogP contribution < -0.4 is 4.74 Å². The van der Waals surface area contributed by atoms with Gasteiger partial charge in [-0.15, -0.1) is 0 Å². The van der Waals surface area contributed by atoms with E-state index in [9.17, 15) is 19.2 Å². The van der Waals surface area contributed by atoms with Gasteiger partial charge in [-0.2, -0.15) is 5.26 Å². The Hall–Kier alpha value is -2.62. The van der Waals surface area contributed by atoms with Gasteiger partial charge in [0.1, 0.15) is 0 Å². The number of carboxylic acids is 1. The van der Waals surface area contributed by atoms with E-state index in [1.165, 1.54) is 25.3 Å². The minimum absolute atomic E-state index is 0.0243. The summed E-state index contributed by atoms with van der Waals surface area (Å²) in [6.07, 6.45) is 0.160. The van der Waals surface area contributed by atoms with Crippen molar-refractivity contribution in [3.05, 3.63) is 29.6 Å². The zero-order valence-electron chi connectivity index (χ0n) is 15.3. The molecule has 2 atom stereocenters. The van der Waals surface area contributed by atoms with Gasteiger partial charge in [-0.25, -0.2) is 4.39 Å². The number of carbonyl (C=O) groups is 2. The van der Waals surface area contributed by atoms with Crippen molar-refractivity contribution in [2.45, 2.75) is 44.9 Å². The number of hydrogen-bond acceptors (Lipinski definition) is 5. The summed E-state index contributed by atoms with van der Waals surface area (Å²) in [6.45, 7) is 3.68. The molecule has 0 aliphatic heterocycles. The Kier molecular flexibility index (Phi) is 8.04. The first kappa shape index (κ1) is 21.4. The van der Waals surface area contributed by atoms with Crippen LogP contribution in [0.3, 0.4) is 0 Å². The van der Waals surface area contributed by atoms with Gasteiger partial charge < -0.3 is 14.6 Å². The van der Waals surface area contributed by atoms with Gasteiger partial charge in [-0.1, -0.05) is 13.0 Å². The molecule has 0 fully saturated rings. The molecule has 0 aromatic heterocycles. The van der Waals surface area contributed by atoms with E-state index in [4.69, 9.17) is 14.6 Å². The van der Waals surface area contributed by atoms with E-state index < -0.39 is 29.1 Å². The van der Waals surface area contributed by atoms with E-state index in [0.29, 0.717) is 12.0 Å². The number of methoxy groups -OCH3 is 1. The number of benzene rings is 1. The molecule has 1 rings (SSSR count). The van der Waals surface area contributed by atoms with E-state index in [1.807, 2.05) is 0 Å². The molecule has 7 heteroatoms. The maximum Gasteiger partial charge on any atom is 0.308 e. The Labute approximate surface area is 152 Å². The second kappa shape index (κ2) is 9.76. The predicted octanol–water partition coefficient (Wildman–Crippen LogP) is 3.44. The topological polar surface area (TPSA) is 96.6 Å². The number of carboxylic acid groups (broad SMARTS) is 1. The van der Waals surface area contributed by atoms with Crippen molar-refractivity contribution in [3.8, 4) is 11.8 Å². The number of aliphatic carboxylic acids is 1. The number of ether oxygens (including phenoxy) is 2. The molecule has 0 aliphatic carbocycles. The van der Waals surface area contributed by atoms with Crippen molar-refractivity contribution in [3.63, 3.8) is 0 Å². The molecule has 2 unspecified atom stereocenters. The normalized spacial score (nSPS) is 14.0. The van der Waals surface area contributed by atoms with Gasteiger partial charge in [-0.05, 0) is 43.9 Å². The first-order valence-corrected chi connectivity index (χ1v) is 8.47. The zero-order chi connectivity index (χ0) is 19.7. The fourth-order valence-corrected chi connectivity index (χ4v) is 2.89. The van der Waals surface area contributed by atoms with Crippen molar-refractivity contribution >= 4 is 11.9 Å². The van der Waals surface area contributed by atoms with Gasteiger partial charge in [0, 0.05) is 6.42 Å². The average molecular weight is 365 g/mol. The molecule has 6 nitrogen and oxygen atoms in total. The van der Waals surface area contributed by atoms with Crippen LogP contribution in [-0.2, 0) is 19.7 Å². The first-order chi connectivity index (χ1) is 12.3. The number of carbonyl (C=O) groups excluding carboxylic acids is 1. The van der Waals surface area contributed by atoms with Crippen molar-refractivity contribution in [1.82, 2.24) is 0 Å². The Morgan fingerprint density at radius 3 is 2.54 bits per heavy atom. The molecule has 0 spiro atoms. The van der Waals surface area contributed by atoms with Crippen LogP contribution in [0.2, 0.25) is 0 Å². The maximum atomic E-state index is 14.2. The van der Waals surface area contributed by atoms with Crippen LogP contribution in [0.4, 0.5) is 4.39 Å². The molecule has 0 bridgehead atoms. The van der Waals surface area contributed by atoms with Gasteiger partial charge >= 0.3 is 11.9 Å². The molecule has 1 aromatic rings. The number of halogens is 1. The fourth-order valence-electron chi connectivity index (χ4n) is 2.89. The SMILES string of the molecule is CCOC(=O)C(CC)CC(C#N)(CCC(=O)O)c1ccc(OC)c(F)c1. The van der Waals surface area contributed by atoms with Gasteiger partial charge in [0.25, 0.3) is 0 Å². The molecule has 0 heterocycles. The summed E-state index contributed by atoms with van der Waals surface area (Å²) < 4.78 is 24.1. The standard InChI is InChI=1S/C19H24FNO5/c1-4-13(18(24)26-5-2)11-19(12-21,9-8-17(22)23)14-6-7-16(25-3)15(20)10-14/h6-7,10,13H,4-5,8-9,11H2,1-3H3,(H,22,23). The second-order valence-electron chi connectivity index (χ2n) is 6.00. The minimum atomic E-state index is -1.32. The molecule has 0 aliphatic rings. The van der Waals surface area contributed by atoms with E-state index in [0.717, 1.165) is 0 Å². The lowest BCUT2D eigenvalue weighted by molar-refractivity contribution is -0.148. The molecule has 26 heavy (non-hydrogen) atoms. The third kappa shape index (κ3) is 5.19. The van der Waals surface area contributed by atoms with Crippen LogP contribution in [-0.4, -0.2) is 30.8 Å². The quantitative estimate of drug-likeness (QED) is 0.638. The summed E-state index contributed by atoms with van der Waals surface area (Å²) in [5.74, 6) is -2.73. The number of hydrogen-bond donors (Lipinski definition) is 1. The van der Waals surface area contributed by atoms with Gasteiger partial charge in [0.05, 0.1) is 31.1 Å². The third-order valence-electron chi connectivity index (χ3n) is 4.39. The summed E-state index contributed by atoms with van der Waals surface area (Å²) in [5, 5.41) is 18.9.